The maximum absolute atomic E-state index is 12.2. The van der Waals surface area contributed by atoms with Crippen molar-refractivity contribution in [3.05, 3.63) is 53.1 Å². The Kier molecular flexibility index (Phi) is 9.07. The first-order chi connectivity index (χ1) is 15.2. The van der Waals surface area contributed by atoms with Crippen molar-refractivity contribution >= 4 is 23.5 Å². The molecule has 32 heavy (non-hydrogen) atoms. The van der Waals surface area contributed by atoms with Gasteiger partial charge < -0.3 is 24.8 Å². The molecule has 2 amide bonds. The zero-order valence-electron chi connectivity index (χ0n) is 19.1. The Balaban J connectivity index is 1.78. The molecular weight excluding hydrogens is 412 g/mol. The summed E-state index contributed by atoms with van der Waals surface area (Å²) in [5.41, 5.74) is 3.46. The van der Waals surface area contributed by atoms with Crippen LogP contribution < -0.4 is 20.1 Å². The molecule has 1 atom stereocenters. The quantitative estimate of drug-likeness (QED) is 0.549. The number of aryl methyl sites for hydroxylation is 3. The fourth-order valence-corrected chi connectivity index (χ4v) is 3.10. The first-order valence-electron chi connectivity index (χ1n) is 10.3. The van der Waals surface area contributed by atoms with Crippen LogP contribution in [0.3, 0.4) is 0 Å². The topological polar surface area (TPSA) is 103 Å². The number of hydrogen-bond acceptors (Lipinski definition) is 6. The van der Waals surface area contributed by atoms with Gasteiger partial charge in [-0.05, 0) is 56.0 Å². The van der Waals surface area contributed by atoms with E-state index in [1.165, 1.54) is 6.92 Å². The van der Waals surface area contributed by atoms with Gasteiger partial charge in [-0.3, -0.25) is 14.4 Å². The summed E-state index contributed by atoms with van der Waals surface area (Å²) in [5.74, 6) is -0.234. The minimum absolute atomic E-state index is 0.0974. The number of hydrogen-bond donors (Lipinski definition) is 2. The van der Waals surface area contributed by atoms with Crippen LogP contribution in [0.2, 0.25) is 0 Å². The highest BCUT2D eigenvalue weighted by Gasteiger charge is 2.19. The van der Waals surface area contributed by atoms with Gasteiger partial charge in [0.1, 0.15) is 0 Å². The minimum atomic E-state index is -1.01. The van der Waals surface area contributed by atoms with Crippen LogP contribution in [0.25, 0.3) is 0 Å². The van der Waals surface area contributed by atoms with Crippen LogP contribution in [-0.4, -0.2) is 44.7 Å². The molecule has 0 saturated heterocycles. The van der Waals surface area contributed by atoms with Crippen LogP contribution in [0.4, 0.5) is 5.69 Å². The van der Waals surface area contributed by atoms with E-state index in [-0.39, 0.29) is 18.9 Å². The summed E-state index contributed by atoms with van der Waals surface area (Å²) in [5, 5.41) is 5.28. The summed E-state index contributed by atoms with van der Waals surface area (Å²) in [7, 11) is 3.09. The van der Waals surface area contributed by atoms with Crippen molar-refractivity contribution in [1.29, 1.82) is 0 Å². The third-order valence-corrected chi connectivity index (χ3v) is 4.91. The largest absolute Gasteiger partial charge is 0.493 e. The first-order valence-corrected chi connectivity index (χ1v) is 10.3. The lowest BCUT2D eigenvalue weighted by molar-refractivity contribution is -0.154. The molecular formula is C24H30N2O6. The highest BCUT2D eigenvalue weighted by atomic mass is 16.5. The molecule has 0 spiro atoms. The van der Waals surface area contributed by atoms with Crippen LogP contribution in [0.15, 0.2) is 36.4 Å². The highest BCUT2D eigenvalue weighted by Crippen LogP contribution is 2.28. The molecule has 172 valence electrons. The second-order valence-electron chi connectivity index (χ2n) is 7.35. The van der Waals surface area contributed by atoms with E-state index in [4.69, 9.17) is 14.2 Å². The van der Waals surface area contributed by atoms with Crippen LogP contribution in [0, 0.1) is 13.8 Å². The van der Waals surface area contributed by atoms with E-state index in [0.717, 1.165) is 22.4 Å². The van der Waals surface area contributed by atoms with Gasteiger partial charge in [0, 0.05) is 12.1 Å². The predicted octanol–water partition coefficient (Wildman–Crippen LogP) is 2.94. The molecule has 2 aromatic carbocycles. The lowest BCUT2D eigenvalue weighted by Crippen LogP contribution is -2.40. The average molecular weight is 443 g/mol. The molecule has 8 nitrogen and oxygen atoms in total. The smallest absolute Gasteiger partial charge is 0.306 e. The molecule has 8 heteroatoms. The van der Waals surface area contributed by atoms with Crippen LogP contribution >= 0.6 is 0 Å². The van der Waals surface area contributed by atoms with Crippen LogP contribution in [0.1, 0.15) is 30.0 Å². The lowest BCUT2D eigenvalue weighted by atomic mass is 10.1. The van der Waals surface area contributed by atoms with E-state index in [1.807, 2.05) is 38.1 Å². The molecule has 0 saturated carbocycles. The Labute approximate surface area is 188 Å². The Morgan fingerprint density at radius 3 is 2.25 bits per heavy atom. The third-order valence-electron chi connectivity index (χ3n) is 4.91. The van der Waals surface area contributed by atoms with Gasteiger partial charge in [-0.25, -0.2) is 0 Å². The predicted molar refractivity (Wildman–Crippen MR) is 121 cm³/mol. The van der Waals surface area contributed by atoms with Gasteiger partial charge in [-0.15, -0.1) is 0 Å². The van der Waals surface area contributed by atoms with Crippen molar-refractivity contribution in [3.8, 4) is 11.5 Å². The van der Waals surface area contributed by atoms with Crippen molar-refractivity contribution < 1.29 is 28.6 Å². The summed E-state index contributed by atoms with van der Waals surface area (Å²) in [6.07, 6.45) is -0.493. The summed E-state index contributed by atoms with van der Waals surface area (Å²) < 4.78 is 15.6. The number of rotatable bonds is 10. The van der Waals surface area contributed by atoms with Gasteiger partial charge >= 0.3 is 5.97 Å². The molecule has 2 aromatic rings. The molecule has 2 N–H and O–H groups in total. The zero-order chi connectivity index (χ0) is 23.7. The van der Waals surface area contributed by atoms with Gasteiger partial charge in [0.15, 0.2) is 17.6 Å². The fourth-order valence-electron chi connectivity index (χ4n) is 3.10. The van der Waals surface area contributed by atoms with Gasteiger partial charge in [-0.1, -0.05) is 24.3 Å². The number of anilines is 1. The Morgan fingerprint density at radius 2 is 1.62 bits per heavy atom. The fraction of sp³-hybridized carbons (Fsp3) is 0.375. The number of carbonyl (C=O) groups is 3. The monoisotopic (exact) mass is 442 g/mol. The number of para-hydroxylation sites is 1. The van der Waals surface area contributed by atoms with E-state index < -0.39 is 18.0 Å². The van der Waals surface area contributed by atoms with Crippen molar-refractivity contribution in [2.45, 2.75) is 39.7 Å². The molecule has 1 unspecified atom stereocenters. The lowest BCUT2D eigenvalue weighted by Gasteiger charge is -2.15. The number of nitrogens with one attached hydrogen (secondary N) is 2. The Hall–Kier alpha value is -3.55. The standard InChI is InChI=1S/C24H30N2O6/c1-15-7-6-8-16(2)23(15)26-21(27)14-25-24(29)17(3)32-22(28)12-10-18-9-11-19(30-4)20(13-18)31-5/h6-9,11,13,17H,10,12,14H2,1-5H3,(H,25,29)(H,26,27). The summed E-state index contributed by atoms with van der Waals surface area (Å²) in [6, 6.07) is 11.1. The normalized spacial score (nSPS) is 11.3. The van der Waals surface area contributed by atoms with Gasteiger partial charge in [0.25, 0.3) is 5.91 Å². The number of carbonyl (C=O) groups excluding carboxylic acids is 3. The van der Waals surface area contributed by atoms with Crippen LogP contribution in [0.5, 0.6) is 11.5 Å². The molecule has 0 aliphatic rings. The maximum Gasteiger partial charge on any atom is 0.306 e. The van der Waals surface area contributed by atoms with Crippen molar-refractivity contribution in [1.82, 2.24) is 5.32 Å². The van der Waals surface area contributed by atoms with Crippen LogP contribution in [-0.2, 0) is 25.5 Å². The number of amides is 2. The van der Waals surface area contributed by atoms with E-state index in [1.54, 1.807) is 26.4 Å². The van der Waals surface area contributed by atoms with E-state index in [0.29, 0.717) is 17.9 Å². The van der Waals surface area contributed by atoms with Crippen molar-refractivity contribution in [2.75, 3.05) is 26.1 Å². The number of ether oxygens (including phenoxy) is 3. The van der Waals surface area contributed by atoms with E-state index in [2.05, 4.69) is 10.6 Å². The molecule has 0 heterocycles. The molecule has 2 rings (SSSR count). The molecule has 0 aliphatic heterocycles. The van der Waals surface area contributed by atoms with E-state index >= 15 is 0 Å². The Bertz CT molecular complexity index is 953. The zero-order valence-corrected chi connectivity index (χ0v) is 19.1. The number of methoxy groups -OCH3 is 2. The summed E-state index contributed by atoms with van der Waals surface area (Å²) >= 11 is 0. The van der Waals surface area contributed by atoms with Crippen molar-refractivity contribution in [2.24, 2.45) is 0 Å². The second-order valence-corrected chi connectivity index (χ2v) is 7.35. The average Bonchev–Trinajstić information content (AvgIpc) is 2.78. The second kappa shape index (κ2) is 11.7. The first kappa shape index (κ1) is 24.7. The molecule has 0 aliphatic carbocycles. The third kappa shape index (κ3) is 7.01. The van der Waals surface area contributed by atoms with Gasteiger partial charge in [0.05, 0.1) is 20.8 Å². The summed E-state index contributed by atoms with van der Waals surface area (Å²) in [4.78, 5) is 36.5. The van der Waals surface area contributed by atoms with Crippen molar-refractivity contribution in [3.63, 3.8) is 0 Å². The van der Waals surface area contributed by atoms with Gasteiger partial charge in [-0.2, -0.15) is 0 Å². The molecule has 0 bridgehead atoms. The van der Waals surface area contributed by atoms with E-state index in [9.17, 15) is 14.4 Å². The molecule has 0 fully saturated rings. The van der Waals surface area contributed by atoms with Gasteiger partial charge in [0.2, 0.25) is 5.91 Å². The molecule has 0 radical (unpaired) electrons. The Morgan fingerprint density at radius 1 is 0.969 bits per heavy atom. The SMILES string of the molecule is COc1ccc(CCC(=O)OC(C)C(=O)NCC(=O)Nc2c(C)cccc2C)cc1OC. The maximum atomic E-state index is 12.2. The summed E-state index contributed by atoms with van der Waals surface area (Å²) in [6.45, 7) is 5.03. The highest BCUT2D eigenvalue weighted by molar-refractivity contribution is 5.96. The number of benzene rings is 2. The molecule has 0 aromatic heterocycles. The number of esters is 1. The minimum Gasteiger partial charge on any atom is -0.493 e.